The van der Waals surface area contributed by atoms with E-state index in [-0.39, 0.29) is 17.8 Å². The van der Waals surface area contributed by atoms with Crippen molar-refractivity contribution in [3.05, 3.63) is 94.8 Å². The van der Waals surface area contributed by atoms with Crippen LogP contribution >= 0.6 is 0 Å². The SMILES string of the molecule is Cc1cc(CC(=O)C(c2ccc(N3CCN(S(C)(=O)=O)CC3)cc2)c2ccccc2C(F)(F)F)ccn1. The second-order valence-electron chi connectivity index (χ2n) is 9.21. The average Bonchev–Trinajstić information content (AvgIpc) is 2.84. The van der Waals surface area contributed by atoms with E-state index in [0.717, 1.165) is 17.4 Å². The Kier molecular flexibility index (Phi) is 7.70. The number of carbonyl (C=O) groups excluding carboxylic acids is 1. The van der Waals surface area contributed by atoms with E-state index in [9.17, 15) is 26.4 Å². The monoisotopic (exact) mass is 531 g/mol. The number of sulfonamides is 1. The van der Waals surface area contributed by atoms with Crippen molar-refractivity contribution in [2.75, 3.05) is 37.3 Å². The summed E-state index contributed by atoms with van der Waals surface area (Å²) in [6.45, 7) is 3.48. The predicted molar refractivity (Wildman–Crippen MR) is 136 cm³/mol. The van der Waals surface area contributed by atoms with Gasteiger partial charge in [-0.25, -0.2) is 8.42 Å². The number of halogens is 3. The van der Waals surface area contributed by atoms with Crippen molar-refractivity contribution in [1.82, 2.24) is 9.29 Å². The van der Waals surface area contributed by atoms with Crippen molar-refractivity contribution in [3.63, 3.8) is 0 Å². The van der Waals surface area contributed by atoms with Crippen LogP contribution in [0.25, 0.3) is 0 Å². The molecule has 0 bridgehead atoms. The molecule has 196 valence electrons. The van der Waals surface area contributed by atoms with E-state index in [2.05, 4.69) is 4.98 Å². The van der Waals surface area contributed by atoms with Crippen LogP contribution in [0.5, 0.6) is 0 Å². The summed E-state index contributed by atoms with van der Waals surface area (Å²) >= 11 is 0. The Morgan fingerprint density at radius 1 is 1.00 bits per heavy atom. The fraction of sp³-hybridized carbons (Fsp3) is 0.333. The number of hydrogen-bond donors (Lipinski definition) is 0. The lowest BCUT2D eigenvalue weighted by molar-refractivity contribution is -0.138. The van der Waals surface area contributed by atoms with Gasteiger partial charge in [0.2, 0.25) is 10.0 Å². The molecule has 0 N–H and O–H groups in total. The number of alkyl halides is 3. The lowest BCUT2D eigenvalue weighted by atomic mass is 9.82. The maximum atomic E-state index is 13.9. The molecule has 2 heterocycles. The predicted octanol–water partition coefficient (Wildman–Crippen LogP) is 4.43. The molecular weight excluding hydrogens is 503 g/mol. The van der Waals surface area contributed by atoms with Gasteiger partial charge in [-0.05, 0) is 53.9 Å². The van der Waals surface area contributed by atoms with Crippen LogP contribution in [0.2, 0.25) is 0 Å². The lowest BCUT2D eigenvalue weighted by Gasteiger charge is -2.35. The molecule has 1 aliphatic rings. The zero-order valence-electron chi connectivity index (χ0n) is 20.6. The first kappa shape index (κ1) is 26.8. The van der Waals surface area contributed by atoms with Gasteiger partial charge in [-0.15, -0.1) is 0 Å². The number of aromatic nitrogens is 1. The van der Waals surface area contributed by atoms with Crippen LogP contribution in [0.1, 0.15) is 33.9 Å². The third kappa shape index (κ3) is 6.37. The van der Waals surface area contributed by atoms with E-state index in [1.54, 1.807) is 49.5 Å². The molecule has 0 aliphatic carbocycles. The van der Waals surface area contributed by atoms with Gasteiger partial charge >= 0.3 is 6.18 Å². The molecule has 1 atom stereocenters. The molecule has 0 amide bonds. The second-order valence-corrected chi connectivity index (χ2v) is 11.2. The van der Waals surface area contributed by atoms with Gasteiger partial charge in [0, 0.05) is 50.2 Å². The smallest absolute Gasteiger partial charge is 0.369 e. The number of benzene rings is 2. The van der Waals surface area contributed by atoms with E-state index >= 15 is 0 Å². The number of hydrogen-bond acceptors (Lipinski definition) is 5. The van der Waals surface area contributed by atoms with E-state index in [1.165, 1.54) is 28.8 Å². The van der Waals surface area contributed by atoms with Crippen molar-refractivity contribution in [1.29, 1.82) is 0 Å². The van der Waals surface area contributed by atoms with Crippen LogP contribution in [0.4, 0.5) is 18.9 Å². The van der Waals surface area contributed by atoms with Crippen LogP contribution < -0.4 is 4.90 Å². The molecule has 0 radical (unpaired) electrons. The largest absolute Gasteiger partial charge is 0.416 e. The van der Waals surface area contributed by atoms with Gasteiger partial charge in [-0.2, -0.15) is 17.5 Å². The second kappa shape index (κ2) is 10.6. The summed E-state index contributed by atoms with van der Waals surface area (Å²) in [6.07, 6.45) is -1.88. The van der Waals surface area contributed by atoms with Crippen molar-refractivity contribution in [2.24, 2.45) is 0 Å². The van der Waals surface area contributed by atoms with Crippen molar-refractivity contribution >= 4 is 21.5 Å². The van der Waals surface area contributed by atoms with Gasteiger partial charge in [-0.3, -0.25) is 9.78 Å². The van der Waals surface area contributed by atoms with Crippen LogP contribution in [-0.2, 0) is 27.4 Å². The van der Waals surface area contributed by atoms with Gasteiger partial charge in [0.25, 0.3) is 0 Å². The zero-order valence-corrected chi connectivity index (χ0v) is 21.4. The minimum atomic E-state index is -4.61. The summed E-state index contributed by atoms with van der Waals surface area (Å²) in [5.74, 6) is -1.46. The molecule has 1 aromatic heterocycles. The highest BCUT2D eigenvalue weighted by Gasteiger charge is 2.37. The fourth-order valence-electron chi connectivity index (χ4n) is 4.72. The minimum Gasteiger partial charge on any atom is -0.369 e. The third-order valence-corrected chi connectivity index (χ3v) is 7.84. The third-order valence-electron chi connectivity index (χ3n) is 6.54. The number of nitrogens with zero attached hydrogens (tertiary/aromatic N) is 3. The standard InChI is InChI=1S/C27H28F3N3O3S/c1-19-17-20(11-12-31-19)18-25(34)26(23-5-3-4-6-24(23)27(28,29)30)21-7-9-22(10-8-21)32-13-15-33(16-14-32)37(2,35)36/h3-12,17,26H,13-16,18H2,1-2H3. The van der Waals surface area contributed by atoms with E-state index in [0.29, 0.717) is 37.3 Å². The Labute approximate surface area is 214 Å². The van der Waals surface area contributed by atoms with Crippen LogP contribution in [-0.4, -0.2) is 55.9 Å². The number of piperazine rings is 1. The summed E-state index contributed by atoms with van der Waals surface area (Å²) < 4.78 is 66.7. The molecule has 1 fully saturated rings. The highest BCUT2D eigenvalue weighted by molar-refractivity contribution is 7.88. The summed E-state index contributed by atoms with van der Waals surface area (Å²) in [5.41, 5.74) is 1.77. The van der Waals surface area contributed by atoms with Crippen LogP contribution in [0.15, 0.2) is 66.9 Å². The summed E-state index contributed by atoms with van der Waals surface area (Å²) in [5, 5.41) is 0. The van der Waals surface area contributed by atoms with Gasteiger partial charge in [0.05, 0.1) is 17.7 Å². The van der Waals surface area contributed by atoms with Crippen LogP contribution in [0, 0.1) is 6.92 Å². The Morgan fingerprint density at radius 2 is 1.65 bits per heavy atom. The maximum Gasteiger partial charge on any atom is 0.416 e. The zero-order chi connectivity index (χ0) is 26.8. The summed E-state index contributed by atoms with van der Waals surface area (Å²) in [7, 11) is -3.26. The van der Waals surface area contributed by atoms with Crippen molar-refractivity contribution in [2.45, 2.75) is 25.4 Å². The lowest BCUT2D eigenvalue weighted by Crippen LogP contribution is -2.48. The van der Waals surface area contributed by atoms with E-state index < -0.39 is 27.7 Å². The quantitative estimate of drug-likeness (QED) is 0.451. The summed E-state index contributed by atoms with van der Waals surface area (Å²) in [4.78, 5) is 19.7. The number of ketones is 1. The molecule has 3 aromatic rings. The minimum absolute atomic E-state index is 0.0323. The number of pyridine rings is 1. The molecule has 0 spiro atoms. The Balaban J connectivity index is 1.66. The number of rotatable bonds is 7. The Hall–Kier alpha value is -3.24. The molecule has 37 heavy (non-hydrogen) atoms. The molecule has 1 aliphatic heterocycles. The molecule has 2 aromatic carbocycles. The van der Waals surface area contributed by atoms with E-state index in [1.807, 2.05) is 4.90 Å². The summed E-state index contributed by atoms with van der Waals surface area (Å²) in [6, 6.07) is 15.6. The van der Waals surface area contributed by atoms with Crippen molar-refractivity contribution < 1.29 is 26.4 Å². The first-order valence-electron chi connectivity index (χ1n) is 11.8. The molecule has 4 rings (SSSR count). The number of Topliss-reactive ketones (excluding diaryl/α,β-unsaturated/α-hetero) is 1. The number of anilines is 1. The average molecular weight is 532 g/mol. The van der Waals surface area contributed by atoms with Gasteiger partial charge < -0.3 is 4.90 Å². The van der Waals surface area contributed by atoms with E-state index in [4.69, 9.17) is 0 Å². The number of aryl methyl sites for hydroxylation is 1. The Bertz CT molecular complexity index is 1370. The fourth-order valence-corrected chi connectivity index (χ4v) is 5.55. The van der Waals surface area contributed by atoms with Crippen molar-refractivity contribution in [3.8, 4) is 0 Å². The highest BCUT2D eigenvalue weighted by Crippen LogP contribution is 2.38. The molecule has 0 saturated carbocycles. The molecule has 6 nitrogen and oxygen atoms in total. The first-order valence-corrected chi connectivity index (χ1v) is 13.7. The van der Waals surface area contributed by atoms with Gasteiger partial charge in [0.1, 0.15) is 5.78 Å². The normalized spacial score (nSPS) is 16.0. The topological polar surface area (TPSA) is 70.6 Å². The molecule has 10 heteroatoms. The number of carbonyl (C=O) groups is 1. The molecule has 1 unspecified atom stereocenters. The first-order chi connectivity index (χ1) is 17.4. The van der Waals surface area contributed by atoms with Crippen LogP contribution in [0.3, 0.4) is 0 Å². The molecular formula is C27H28F3N3O3S. The maximum absolute atomic E-state index is 13.9. The molecule has 1 saturated heterocycles. The highest BCUT2D eigenvalue weighted by atomic mass is 32.2. The Morgan fingerprint density at radius 3 is 2.24 bits per heavy atom. The van der Waals surface area contributed by atoms with Gasteiger partial charge in [0.15, 0.2) is 0 Å². The van der Waals surface area contributed by atoms with Gasteiger partial charge in [-0.1, -0.05) is 30.3 Å².